The molecule has 0 radical (unpaired) electrons. The minimum Gasteiger partial charge on any atom is -0.380 e. The van der Waals surface area contributed by atoms with Crippen molar-refractivity contribution in [2.45, 2.75) is 44.3 Å². The molecule has 1 saturated carbocycles. The van der Waals surface area contributed by atoms with Crippen LogP contribution in [0.5, 0.6) is 0 Å². The molecule has 1 N–H and O–H groups in total. The van der Waals surface area contributed by atoms with Gasteiger partial charge < -0.3 is 5.32 Å². The lowest BCUT2D eigenvalue weighted by atomic mass is 10.2. The van der Waals surface area contributed by atoms with Crippen molar-refractivity contribution in [1.82, 2.24) is 4.90 Å². The van der Waals surface area contributed by atoms with E-state index in [4.69, 9.17) is 0 Å². The Labute approximate surface area is 95.3 Å². The van der Waals surface area contributed by atoms with Gasteiger partial charge in [-0.3, -0.25) is 4.90 Å². The maximum atomic E-state index is 3.63. The Bertz CT molecular complexity index is 318. The standard InChI is InChI=1S/C12H18N2S/c1-9-6-11(7-14(9)12-2-3-12)13-10-4-5-15-8-10/h4-5,8-9,11-13H,2-3,6-7H2,1H3. The molecule has 1 saturated heterocycles. The molecule has 2 nitrogen and oxygen atoms in total. The maximum Gasteiger partial charge on any atom is 0.0451 e. The lowest BCUT2D eigenvalue weighted by Gasteiger charge is -2.19. The Kier molecular flexibility index (Phi) is 2.45. The first-order valence-corrected chi connectivity index (χ1v) is 6.81. The molecule has 2 heterocycles. The fourth-order valence-electron chi connectivity index (χ4n) is 2.66. The van der Waals surface area contributed by atoms with Gasteiger partial charge in [-0.2, -0.15) is 11.3 Å². The van der Waals surface area contributed by atoms with E-state index in [2.05, 4.69) is 34.0 Å². The predicted molar refractivity (Wildman–Crippen MR) is 65.5 cm³/mol. The summed E-state index contributed by atoms with van der Waals surface area (Å²) in [4.78, 5) is 2.68. The Balaban J connectivity index is 1.60. The van der Waals surface area contributed by atoms with Crippen LogP contribution < -0.4 is 5.32 Å². The second-order valence-electron chi connectivity index (χ2n) is 4.87. The van der Waals surface area contributed by atoms with Crippen molar-refractivity contribution in [1.29, 1.82) is 0 Å². The van der Waals surface area contributed by atoms with Crippen molar-refractivity contribution in [3.63, 3.8) is 0 Å². The molecule has 15 heavy (non-hydrogen) atoms. The molecule has 2 aliphatic rings. The average molecular weight is 222 g/mol. The fraction of sp³-hybridized carbons (Fsp3) is 0.667. The summed E-state index contributed by atoms with van der Waals surface area (Å²) in [6.07, 6.45) is 4.15. The molecule has 2 atom stereocenters. The zero-order valence-corrected chi connectivity index (χ0v) is 9.96. The van der Waals surface area contributed by atoms with Gasteiger partial charge in [-0.25, -0.2) is 0 Å². The number of nitrogens with one attached hydrogen (secondary N) is 1. The molecule has 1 aliphatic carbocycles. The van der Waals surface area contributed by atoms with Gasteiger partial charge in [-0.05, 0) is 37.6 Å². The van der Waals surface area contributed by atoms with E-state index in [0.29, 0.717) is 6.04 Å². The highest BCUT2D eigenvalue weighted by atomic mass is 32.1. The summed E-state index contributed by atoms with van der Waals surface area (Å²) < 4.78 is 0. The molecular formula is C12H18N2S. The number of thiophene rings is 1. The predicted octanol–water partition coefficient (Wildman–Crippen LogP) is 2.79. The van der Waals surface area contributed by atoms with Crippen molar-refractivity contribution in [3.05, 3.63) is 16.8 Å². The second kappa shape index (κ2) is 3.80. The van der Waals surface area contributed by atoms with Crippen LogP contribution in [0.4, 0.5) is 5.69 Å². The third kappa shape index (κ3) is 2.04. The van der Waals surface area contributed by atoms with Crippen LogP contribution in [-0.4, -0.2) is 29.6 Å². The van der Waals surface area contributed by atoms with Crippen LogP contribution in [0.15, 0.2) is 16.8 Å². The van der Waals surface area contributed by atoms with Gasteiger partial charge >= 0.3 is 0 Å². The lowest BCUT2D eigenvalue weighted by Crippen LogP contribution is -2.30. The number of nitrogens with zero attached hydrogens (tertiary/aromatic N) is 1. The van der Waals surface area contributed by atoms with E-state index >= 15 is 0 Å². The van der Waals surface area contributed by atoms with E-state index in [0.717, 1.165) is 12.1 Å². The number of anilines is 1. The largest absolute Gasteiger partial charge is 0.380 e. The van der Waals surface area contributed by atoms with E-state index in [1.807, 2.05) is 0 Å². The van der Waals surface area contributed by atoms with Crippen molar-refractivity contribution in [2.24, 2.45) is 0 Å². The van der Waals surface area contributed by atoms with E-state index in [1.165, 1.54) is 31.5 Å². The Morgan fingerprint density at radius 1 is 1.47 bits per heavy atom. The third-order valence-corrected chi connectivity index (χ3v) is 4.21. The monoisotopic (exact) mass is 222 g/mol. The Morgan fingerprint density at radius 3 is 3.00 bits per heavy atom. The molecule has 1 aromatic rings. The summed E-state index contributed by atoms with van der Waals surface area (Å²) in [7, 11) is 0. The SMILES string of the molecule is CC1CC(Nc2ccsc2)CN1C1CC1. The van der Waals surface area contributed by atoms with Crippen LogP contribution in [0.3, 0.4) is 0 Å². The van der Waals surface area contributed by atoms with E-state index in [-0.39, 0.29) is 0 Å². The molecule has 3 heteroatoms. The van der Waals surface area contributed by atoms with Gasteiger partial charge in [0.1, 0.15) is 0 Å². The molecule has 1 aliphatic heterocycles. The molecule has 0 aromatic carbocycles. The van der Waals surface area contributed by atoms with Gasteiger partial charge in [0.2, 0.25) is 0 Å². The van der Waals surface area contributed by atoms with E-state index in [1.54, 1.807) is 11.3 Å². The number of hydrogen-bond donors (Lipinski definition) is 1. The van der Waals surface area contributed by atoms with Crippen molar-refractivity contribution in [3.8, 4) is 0 Å². The summed E-state index contributed by atoms with van der Waals surface area (Å²) in [6, 6.07) is 4.52. The fourth-order valence-corrected chi connectivity index (χ4v) is 3.26. The summed E-state index contributed by atoms with van der Waals surface area (Å²) in [5.41, 5.74) is 1.30. The normalized spacial score (nSPS) is 32.1. The van der Waals surface area contributed by atoms with E-state index < -0.39 is 0 Å². The average Bonchev–Trinajstić information content (AvgIpc) is 2.81. The van der Waals surface area contributed by atoms with Crippen LogP contribution in [0.1, 0.15) is 26.2 Å². The Hall–Kier alpha value is -0.540. The Morgan fingerprint density at radius 2 is 2.33 bits per heavy atom. The van der Waals surface area contributed by atoms with Crippen molar-refractivity contribution < 1.29 is 0 Å². The van der Waals surface area contributed by atoms with Crippen molar-refractivity contribution >= 4 is 17.0 Å². The summed E-state index contributed by atoms with van der Waals surface area (Å²) in [5, 5.41) is 7.97. The zero-order valence-electron chi connectivity index (χ0n) is 9.15. The van der Waals surface area contributed by atoms with Crippen LogP contribution in [0.25, 0.3) is 0 Å². The molecule has 2 fully saturated rings. The minimum atomic E-state index is 0.662. The zero-order chi connectivity index (χ0) is 10.3. The molecule has 1 aromatic heterocycles. The highest BCUT2D eigenvalue weighted by Crippen LogP contribution is 2.34. The highest BCUT2D eigenvalue weighted by Gasteiger charge is 2.38. The van der Waals surface area contributed by atoms with E-state index in [9.17, 15) is 0 Å². The van der Waals surface area contributed by atoms with Crippen molar-refractivity contribution in [2.75, 3.05) is 11.9 Å². The molecule has 0 bridgehead atoms. The number of hydrogen-bond acceptors (Lipinski definition) is 3. The molecule has 2 unspecified atom stereocenters. The molecule has 0 amide bonds. The summed E-state index contributed by atoms with van der Waals surface area (Å²) in [6.45, 7) is 3.61. The van der Waals surface area contributed by atoms with Crippen LogP contribution in [-0.2, 0) is 0 Å². The molecular weight excluding hydrogens is 204 g/mol. The van der Waals surface area contributed by atoms with Crippen LogP contribution >= 0.6 is 11.3 Å². The summed E-state index contributed by atoms with van der Waals surface area (Å²) in [5.74, 6) is 0. The van der Waals surface area contributed by atoms with Gasteiger partial charge in [0.25, 0.3) is 0 Å². The number of likely N-dealkylation sites (tertiary alicyclic amines) is 1. The second-order valence-corrected chi connectivity index (χ2v) is 5.65. The smallest absolute Gasteiger partial charge is 0.0451 e. The quantitative estimate of drug-likeness (QED) is 0.846. The highest BCUT2D eigenvalue weighted by molar-refractivity contribution is 7.08. The minimum absolute atomic E-state index is 0.662. The van der Waals surface area contributed by atoms with Gasteiger partial charge in [0.05, 0.1) is 0 Å². The third-order valence-electron chi connectivity index (χ3n) is 3.53. The summed E-state index contributed by atoms with van der Waals surface area (Å²) >= 11 is 1.77. The van der Waals surface area contributed by atoms with Gasteiger partial charge in [-0.1, -0.05) is 0 Å². The van der Waals surface area contributed by atoms with Crippen LogP contribution in [0, 0.1) is 0 Å². The first kappa shape index (κ1) is 9.67. The molecule has 3 rings (SSSR count). The lowest BCUT2D eigenvalue weighted by molar-refractivity contribution is 0.257. The maximum absolute atomic E-state index is 3.63. The molecule has 0 spiro atoms. The number of rotatable bonds is 3. The van der Waals surface area contributed by atoms with Crippen LogP contribution in [0.2, 0.25) is 0 Å². The van der Waals surface area contributed by atoms with Gasteiger partial charge in [-0.15, -0.1) is 0 Å². The first-order valence-electron chi connectivity index (χ1n) is 5.87. The topological polar surface area (TPSA) is 15.3 Å². The van der Waals surface area contributed by atoms with Gasteiger partial charge in [0.15, 0.2) is 0 Å². The van der Waals surface area contributed by atoms with Gasteiger partial charge in [0, 0.05) is 35.7 Å². The first-order chi connectivity index (χ1) is 7.33. The molecule has 82 valence electrons.